The lowest BCUT2D eigenvalue weighted by Crippen LogP contribution is -2.30. The van der Waals surface area contributed by atoms with E-state index in [0.29, 0.717) is 11.1 Å². The zero-order valence-corrected chi connectivity index (χ0v) is 36.4. The molecule has 2 saturated heterocycles. The maximum atomic E-state index is 11.5. The lowest BCUT2D eigenvalue weighted by molar-refractivity contribution is 0.253. The molecule has 2 aliphatic heterocycles. The van der Waals surface area contributed by atoms with Crippen molar-refractivity contribution < 1.29 is 16.8 Å². The maximum absolute atomic E-state index is 11.5. The van der Waals surface area contributed by atoms with Crippen LogP contribution in [0.1, 0.15) is 115 Å². The first-order valence-corrected chi connectivity index (χ1v) is 25.9. The van der Waals surface area contributed by atoms with E-state index in [1.165, 1.54) is 147 Å². The van der Waals surface area contributed by atoms with Gasteiger partial charge in [0.05, 0.1) is 12.5 Å². The van der Waals surface area contributed by atoms with E-state index in [0.717, 1.165) is 47.5 Å². The lowest BCUT2D eigenvalue weighted by atomic mass is 9.86. The second-order valence-corrected chi connectivity index (χ2v) is 23.4. The van der Waals surface area contributed by atoms with Gasteiger partial charge in [-0.2, -0.15) is 0 Å². The Morgan fingerprint density at radius 2 is 1.07 bits per heavy atom. The van der Waals surface area contributed by atoms with Gasteiger partial charge in [-0.3, -0.25) is 4.72 Å². The van der Waals surface area contributed by atoms with Crippen LogP contribution in [0, 0.1) is 35.5 Å². The van der Waals surface area contributed by atoms with Gasteiger partial charge in [-0.15, -0.1) is 0 Å². The number of hydrogen-bond acceptors (Lipinski definition) is 7. The molecule has 2 aromatic carbocycles. The summed E-state index contributed by atoms with van der Waals surface area (Å²) >= 11 is 0. The summed E-state index contributed by atoms with van der Waals surface area (Å²) in [4.78, 5) is 5.39. The SMILES string of the molecule is CC1(c2cccc(N)c2)C2CN(CCCC3CCCCC3)CC21.CC1(c2cccc(NS(C)(=O)=O)c2)C2CN(CCCC3CCCCC3)CC21.CS(=O)(=O)Cl. The number of rotatable bonds is 12. The molecule has 2 aromatic rings. The summed E-state index contributed by atoms with van der Waals surface area (Å²) in [7, 11) is -1.92. The van der Waals surface area contributed by atoms with Crippen LogP contribution in [-0.4, -0.2) is 78.4 Å². The summed E-state index contributed by atoms with van der Waals surface area (Å²) < 4.78 is 44.4. The number of piperidine rings is 2. The number of benzene rings is 2. The van der Waals surface area contributed by atoms with Crippen molar-refractivity contribution in [2.45, 2.75) is 115 Å². The molecule has 6 aliphatic rings. The van der Waals surface area contributed by atoms with Crippen LogP contribution >= 0.6 is 10.7 Å². The first-order valence-electron chi connectivity index (χ1n) is 21.3. The highest BCUT2D eigenvalue weighted by molar-refractivity contribution is 8.13. The molecule has 2 heterocycles. The molecule has 8 nitrogen and oxygen atoms in total. The molecule has 55 heavy (non-hydrogen) atoms. The van der Waals surface area contributed by atoms with Crippen molar-refractivity contribution in [3.8, 4) is 0 Å². The molecule has 3 N–H and O–H groups in total. The molecule has 4 atom stereocenters. The third kappa shape index (κ3) is 11.4. The Morgan fingerprint density at radius 3 is 1.47 bits per heavy atom. The van der Waals surface area contributed by atoms with Crippen molar-refractivity contribution >= 4 is 41.1 Å². The predicted octanol–water partition coefficient (Wildman–Crippen LogP) is 8.87. The molecule has 4 saturated carbocycles. The molecule has 0 aromatic heterocycles. The molecule has 6 fully saturated rings. The van der Waals surface area contributed by atoms with Gasteiger partial charge in [0.25, 0.3) is 0 Å². The van der Waals surface area contributed by atoms with Gasteiger partial charge in [0.1, 0.15) is 0 Å². The van der Waals surface area contributed by atoms with Crippen molar-refractivity contribution in [3.05, 3.63) is 59.7 Å². The van der Waals surface area contributed by atoms with Crippen molar-refractivity contribution in [1.82, 2.24) is 9.80 Å². The Kier molecular flexibility index (Phi) is 14.0. The van der Waals surface area contributed by atoms with Crippen LogP contribution in [0.3, 0.4) is 0 Å². The maximum Gasteiger partial charge on any atom is 0.229 e. The van der Waals surface area contributed by atoms with Crippen LogP contribution in [-0.2, 0) is 29.9 Å². The molecule has 4 aliphatic carbocycles. The molecular formula is C44H69ClN4O4S2. The fourth-order valence-electron chi connectivity index (χ4n) is 11.3. The lowest BCUT2D eigenvalue weighted by Gasteiger charge is -2.26. The van der Waals surface area contributed by atoms with Crippen molar-refractivity contribution in [1.29, 1.82) is 0 Å². The van der Waals surface area contributed by atoms with E-state index in [-0.39, 0.29) is 5.41 Å². The fourth-order valence-corrected chi connectivity index (χ4v) is 11.9. The summed E-state index contributed by atoms with van der Waals surface area (Å²) in [5.74, 6) is 5.20. The van der Waals surface area contributed by atoms with Crippen LogP contribution < -0.4 is 10.5 Å². The highest BCUT2D eigenvalue weighted by atomic mass is 35.7. The number of sulfonamides is 1. The molecule has 0 radical (unpaired) electrons. The summed E-state index contributed by atoms with van der Waals surface area (Å²) in [6.45, 7) is 12.4. The summed E-state index contributed by atoms with van der Waals surface area (Å²) in [6.07, 6.45) is 22.5. The molecule has 4 unspecified atom stereocenters. The van der Waals surface area contributed by atoms with Gasteiger partial charge in [0.2, 0.25) is 19.1 Å². The smallest absolute Gasteiger partial charge is 0.229 e. The summed E-state index contributed by atoms with van der Waals surface area (Å²) in [6, 6.07) is 16.6. The standard InChI is InChI=1S/C22H34N2O2S.C21H32N2.CH3ClO2S/c1-22(18-11-6-12-19(14-18)23-27(2,25)26)20-15-24(16-21(20)22)13-7-10-17-8-4-3-5-9-17;1-21(17-10-5-11-18(22)13-17)19-14-23(15-20(19)21)12-6-9-16-7-3-2-4-8-16;1-5(2,3)4/h6,11-12,14,17,20-21,23H,3-5,7-10,13,15-16H2,1-2H3;5,10-11,13,16,19-20H,2-4,6-9,12,14-15,22H2,1H3;1H3. The van der Waals surface area contributed by atoms with E-state index in [1.807, 2.05) is 24.3 Å². The monoisotopic (exact) mass is 816 g/mol. The van der Waals surface area contributed by atoms with Crippen molar-refractivity contribution in [2.24, 2.45) is 35.5 Å². The zero-order chi connectivity index (χ0) is 39.4. The van der Waals surface area contributed by atoms with E-state index in [1.54, 1.807) is 0 Å². The number of nitrogens with zero attached hydrogens (tertiary/aromatic N) is 2. The molecule has 0 amide bonds. The summed E-state index contributed by atoms with van der Waals surface area (Å²) in [5, 5.41) is 0. The van der Waals surface area contributed by atoms with Crippen molar-refractivity contribution in [3.63, 3.8) is 0 Å². The summed E-state index contributed by atoms with van der Waals surface area (Å²) in [5.41, 5.74) is 11.0. The predicted molar refractivity (Wildman–Crippen MR) is 230 cm³/mol. The van der Waals surface area contributed by atoms with E-state index < -0.39 is 19.1 Å². The number of halogens is 1. The Bertz CT molecular complexity index is 1760. The number of anilines is 2. The molecule has 308 valence electrons. The van der Waals surface area contributed by atoms with Crippen molar-refractivity contribution in [2.75, 3.05) is 62.2 Å². The van der Waals surface area contributed by atoms with Gasteiger partial charge < -0.3 is 15.5 Å². The highest BCUT2D eigenvalue weighted by Gasteiger charge is 2.66. The van der Waals surface area contributed by atoms with E-state index in [2.05, 4.69) is 63.3 Å². The third-order valence-corrected chi connectivity index (χ3v) is 15.2. The molecule has 11 heteroatoms. The molecule has 8 rings (SSSR count). The van der Waals surface area contributed by atoms with Gasteiger partial charge in [-0.25, -0.2) is 16.8 Å². The zero-order valence-electron chi connectivity index (χ0n) is 34.0. The number of nitrogens with two attached hydrogens (primary N) is 1. The number of nitrogens with one attached hydrogen (secondary N) is 1. The largest absolute Gasteiger partial charge is 0.399 e. The van der Waals surface area contributed by atoms with E-state index >= 15 is 0 Å². The first-order chi connectivity index (χ1) is 26.0. The normalized spacial score (nSPS) is 31.0. The minimum atomic E-state index is -3.22. The average Bonchev–Trinajstić information content (AvgIpc) is 3.60. The minimum Gasteiger partial charge on any atom is -0.399 e. The first kappa shape index (κ1) is 42.7. The van der Waals surface area contributed by atoms with Crippen LogP contribution in [0.4, 0.5) is 11.4 Å². The second kappa shape index (κ2) is 18.0. The Balaban J connectivity index is 0.000000168. The van der Waals surface area contributed by atoms with Crippen LogP contribution in [0.5, 0.6) is 0 Å². The van der Waals surface area contributed by atoms with Crippen LogP contribution in [0.2, 0.25) is 0 Å². The Hall–Kier alpha value is -1.85. The topological polar surface area (TPSA) is 113 Å². The number of likely N-dealkylation sites (tertiary alicyclic amines) is 2. The Labute approximate surface area is 338 Å². The Morgan fingerprint density at radius 1 is 0.673 bits per heavy atom. The van der Waals surface area contributed by atoms with E-state index in [4.69, 9.17) is 5.73 Å². The highest BCUT2D eigenvalue weighted by Crippen LogP contribution is 2.64. The van der Waals surface area contributed by atoms with Crippen LogP contribution in [0.25, 0.3) is 0 Å². The quantitative estimate of drug-likeness (QED) is 0.163. The van der Waals surface area contributed by atoms with Gasteiger partial charge >= 0.3 is 0 Å². The van der Waals surface area contributed by atoms with E-state index in [9.17, 15) is 16.8 Å². The third-order valence-electron chi connectivity index (χ3n) is 14.6. The minimum absolute atomic E-state index is 0.217. The average molecular weight is 818 g/mol. The van der Waals surface area contributed by atoms with Gasteiger partial charge in [-0.05, 0) is 110 Å². The fraction of sp³-hybridized carbons (Fsp3) is 0.727. The molecule has 0 spiro atoms. The van der Waals surface area contributed by atoms with Gasteiger partial charge in [0, 0.05) is 59.1 Å². The van der Waals surface area contributed by atoms with Crippen LogP contribution in [0.15, 0.2) is 48.5 Å². The molecular weight excluding hydrogens is 748 g/mol. The van der Waals surface area contributed by atoms with Gasteiger partial charge in [0.15, 0.2) is 0 Å². The van der Waals surface area contributed by atoms with Gasteiger partial charge in [-0.1, -0.05) is 102 Å². The number of hydrogen-bond donors (Lipinski definition) is 2. The molecule has 0 bridgehead atoms. The second-order valence-electron chi connectivity index (χ2n) is 18.6. The number of nitrogen functional groups attached to an aromatic ring is 1. The number of fused-ring (bicyclic) bond motifs is 2.